The number of aliphatic imine (C=N–C) groups is 1. The van der Waals surface area contributed by atoms with Gasteiger partial charge in [-0.15, -0.1) is 0 Å². The minimum absolute atomic E-state index is 0.0791. The van der Waals surface area contributed by atoms with Gasteiger partial charge in [-0.3, -0.25) is 20.2 Å². The molecule has 0 radical (unpaired) electrons. The van der Waals surface area contributed by atoms with E-state index in [1.54, 1.807) is 24.3 Å². The Morgan fingerprint density at radius 1 is 1.27 bits per heavy atom. The Balaban J connectivity index is 1.53. The summed E-state index contributed by atoms with van der Waals surface area (Å²) in [5.74, 6) is 1.10. The summed E-state index contributed by atoms with van der Waals surface area (Å²) in [5.41, 5.74) is 3.79. The Morgan fingerprint density at radius 3 is 3.03 bits per heavy atom. The number of carbonyl (C=O) groups is 1. The van der Waals surface area contributed by atoms with Crippen molar-refractivity contribution in [1.82, 2.24) is 15.0 Å². The van der Waals surface area contributed by atoms with Crippen LogP contribution in [0.5, 0.6) is 0 Å². The summed E-state index contributed by atoms with van der Waals surface area (Å²) in [6.45, 7) is 1.72. The third-order valence-electron chi connectivity index (χ3n) is 5.43. The zero-order valence-corrected chi connectivity index (χ0v) is 16.6. The minimum Gasteiger partial charge on any atom is -0.366 e. The van der Waals surface area contributed by atoms with Crippen molar-refractivity contribution < 1.29 is 4.79 Å². The van der Waals surface area contributed by atoms with Gasteiger partial charge in [-0.25, -0.2) is 14.8 Å². The fraction of sp³-hybridized carbons (Fsp3) is 0.227. The van der Waals surface area contributed by atoms with E-state index in [9.17, 15) is 4.79 Å². The number of benzene rings is 1. The molecule has 0 unspecified atom stereocenters. The summed E-state index contributed by atoms with van der Waals surface area (Å²) in [5, 5.41) is 2.86. The molecule has 5 rings (SSSR count). The highest BCUT2D eigenvalue weighted by Gasteiger charge is 2.40. The molecule has 2 aromatic heterocycles. The zero-order valence-electron chi connectivity index (χ0n) is 16.6. The average Bonchev–Trinajstić information content (AvgIpc) is 3.19. The van der Waals surface area contributed by atoms with Gasteiger partial charge in [-0.2, -0.15) is 0 Å². The van der Waals surface area contributed by atoms with E-state index in [-0.39, 0.29) is 12.1 Å². The maximum absolute atomic E-state index is 13.2. The number of anilines is 3. The predicted molar refractivity (Wildman–Crippen MR) is 117 cm³/mol. The summed E-state index contributed by atoms with van der Waals surface area (Å²) in [7, 11) is 1.75. The number of amides is 2. The van der Waals surface area contributed by atoms with Crippen molar-refractivity contribution in [2.24, 2.45) is 4.99 Å². The third kappa shape index (κ3) is 3.26. The second kappa shape index (κ2) is 7.55. The van der Waals surface area contributed by atoms with Crippen molar-refractivity contribution in [3.63, 3.8) is 0 Å². The Morgan fingerprint density at radius 2 is 2.20 bits per heavy atom. The van der Waals surface area contributed by atoms with Gasteiger partial charge >= 0.3 is 6.03 Å². The van der Waals surface area contributed by atoms with Gasteiger partial charge in [-0.1, -0.05) is 18.2 Å². The molecule has 2 aliphatic rings. The first kappa shape index (κ1) is 18.2. The molecule has 0 aliphatic carbocycles. The Labute approximate surface area is 174 Å². The monoisotopic (exact) mass is 399 g/mol. The number of pyridine rings is 1. The van der Waals surface area contributed by atoms with Crippen LogP contribution in [-0.2, 0) is 0 Å². The standard InChI is InChI=1S/C22H21N7O/c1-23-12-15-3-2-4-16(11-15)18-5-6-19-21(26-18)29(17-7-10-28(19)14-17)22(30)27-20-13-24-8-9-25-20/h2-6,8-9,11-13,17H,7,10,14H2,1H3,(H,25,27,30)/b23-12-/t17-/m0/s1. The van der Waals surface area contributed by atoms with Crippen LogP contribution in [0.3, 0.4) is 0 Å². The largest absolute Gasteiger partial charge is 0.366 e. The molecule has 150 valence electrons. The lowest BCUT2D eigenvalue weighted by Crippen LogP contribution is -2.48. The van der Waals surface area contributed by atoms with E-state index in [1.165, 1.54) is 6.20 Å². The van der Waals surface area contributed by atoms with E-state index in [0.717, 1.165) is 42.0 Å². The van der Waals surface area contributed by atoms with Crippen LogP contribution in [0.4, 0.5) is 22.1 Å². The first-order chi connectivity index (χ1) is 14.7. The van der Waals surface area contributed by atoms with Crippen LogP contribution in [0.25, 0.3) is 11.3 Å². The Hall–Kier alpha value is -3.81. The molecule has 3 aromatic rings. The molecule has 4 heterocycles. The lowest BCUT2D eigenvalue weighted by molar-refractivity contribution is 0.254. The number of aromatic nitrogens is 3. The fourth-order valence-corrected chi connectivity index (χ4v) is 4.09. The van der Waals surface area contributed by atoms with Gasteiger partial charge in [0.15, 0.2) is 11.6 Å². The lowest BCUT2D eigenvalue weighted by atomic mass is 10.1. The Kier molecular flexibility index (Phi) is 4.59. The minimum atomic E-state index is -0.236. The second-order valence-electron chi connectivity index (χ2n) is 7.33. The fourth-order valence-electron chi connectivity index (χ4n) is 4.09. The summed E-state index contributed by atoms with van der Waals surface area (Å²) in [4.78, 5) is 34.4. The summed E-state index contributed by atoms with van der Waals surface area (Å²) in [6, 6.07) is 12.0. The molecule has 8 heteroatoms. The molecule has 8 nitrogen and oxygen atoms in total. The highest BCUT2D eigenvalue weighted by atomic mass is 16.2. The third-order valence-corrected chi connectivity index (χ3v) is 5.43. The molecule has 30 heavy (non-hydrogen) atoms. The average molecular weight is 399 g/mol. The van der Waals surface area contributed by atoms with Gasteiger partial charge < -0.3 is 4.90 Å². The van der Waals surface area contributed by atoms with E-state index in [4.69, 9.17) is 4.98 Å². The van der Waals surface area contributed by atoms with Gasteiger partial charge in [0.1, 0.15) is 0 Å². The smallest absolute Gasteiger partial charge is 0.329 e. The van der Waals surface area contributed by atoms with Crippen LogP contribution in [0.1, 0.15) is 12.0 Å². The maximum atomic E-state index is 13.2. The normalized spacial score (nSPS) is 17.3. The van der Waals surface area contributed by atoms with E-state index in [1.807, 2.05) is 36.5 Å². The molecule has 0 saturated carbocycles. The van der Waals surface area contributed by atoms with E-state index < -0.39 is 0 Å². The van der Waals surface area contributed by atoms with E-state index in [0.29, 0.717) is 11.6 Å². The van der Waals surface area contributed by atoms with Gasteiger partial charge in [-0.05, 0) is 30.2 Å². The van der Waals surface area contributed by atoms with Crippen molar-refractivity contribution in [2.75, 3.05) is 35.3 Å². The summed E-state index contributed by atoms with van der Waals surface area (Å²) < 4.78 is 0. The molecule has 1 saturated heterocycles. The number of nitrogens with zero attached hydrogens (tertiary/aromatic N) is 6. The topological polar surface area (TPSA) is 86.6 Å². The van der Waals surface area contributed by atoms with Crippen LogP contribution >= 0.6 is 0 Å². The lowest BCUT2D eigenvalue weighted by Gasteiger charge is -2.35. The number of rotatable bonds is 3. The van der Waals surface area contributed by atoms with Gasteiger partial charge in [0.05, 0.1) is 23.6 Å². The van der Waals surface area contributed by atoms with Crippen LogP contribution in [0.15, 0.2) is 60.0 Å². The SMILES string of the molecule is C/N=C\c1cccc(-c2ccc3c(n2)N(C(=O)Nc2cnccn2)[C@H]2CCN3C2)c1. The van der Waals surface area contributed by atoms with E-state index >= 15 is 0 Å². The number of carbonyl (C=O) groups excluding carboxylic acids is 1. The van der Waals surface area contributed by atoms with Crippen molar-refractivity contribution in [1.29, 1.82) is 0 Å². The van der Waals surface area contributed by atoms with Crippen LogP contribution in [-0.4, -0.2) is 53.4 Å². The molecule has 2 bridgehead atoms. The molecule has 1 fully saturated rings. The number of fused-ring (bicyclic) bond motifs is 4. The molecule has 1 atom stereocenters. The number of urea groups is 1. The van der Waals surface area contributed by atoms with Gasteiger partial charge in [0, 0.05) is 44.3 Å². The van der Waals surface area contributed by atoms with Crippen molar-refractivity contribution in [2.45, 2.75) is 12.5 Å². The van der Waals surface area contributed by atoms with Gasteiger partial charge in [0.25, 0.3) is 0 Å². The molecule has 2 aliphatic heterocycles. The summed E-state index contributed by atoms with van der Waals surface area (Å²) >= 11 is 0. The van der Waals surface area contributed by atoms with Crippen molar-refractivity contribution >= 4 is 29.6 Å². The van der Waals surface area contributed by atoms with Crippen LogP contribution in [0, 0.1) is 0 Å². The van der Waals surface area contributed by atoms with Crippen molar-refractivity contribution in [3.05, 3.63) is 60.6 Å². The number of nitrogens with one attached hydrogen (secondary N) is 1. The van der Waals surface area contributed by atoms with Crippen LogP contribution in [0.2, 0.25) is 0 Å². The summed E-state index contributed by atoms with van der Waals surface area (Å²) in [6.07, 6.45) is 7.39. The zero-order chi connectivity index (χ0) is 20.5. The second-order valence-corrected chi connectivity index (χ2v) is 7.33. The molecule has 1 aromatic carbocycles. The molecule has 1 N–H and O–H groups in total. The number of hydrogen-bond acceptors (Lipinski definition) is 6. The first-order valence-electron chi connectivity index (χ1n) is 9.88. The first-order valence-corrected chi connectivity index (χ1v) is 9.88. The quantitative estimate of drug-likeness (QED) is 0.684. The van der Waals surface area contributed by atoms with E-state index in [2.05, 4.69) is 31.2 Å². The number of hydrogen-bond donors (Lipinski definition) is 1. The molecule has 0 spiro atoms. The molecular weight excluding hydrogens is 378 g/mol. The predicted octanol–water partition coefficient (Wildman–Crippen LogP) is 3.22. The highest BCUT2D eigenvalue weighted by Crippen LogP contribution is 2.40. The van der Waals surface area contributed by atoms with Crippen LogP contribution < -0.4 is 15.1 Å². The highest BCUT2D eigenvalue weighted by molar-refractivity contribution is 6.04. The molecule has 2 amide bonds. The Bertz CT molecular complexity index is 1120. The van der Waals surface area contributed by atoms with Crippen molar-refractivity contribution in [3.8, 4) is 11.3 Å². The van der Waals surface area contributed by atoms with Gasteiger partial charge in [0.2, 0.25) is 0 Å². The molecular formula is C22H21N7O. The maximum Gasteiger partial charge on any atom is 0.329 e.